The van der Waals surface area contributed by atoms with Gasteiger partial charge in [-0.3, -0.25) is 0 Å². The van der Waals surface area contributed by atoms with Crippen molar-refractivity contribution in [2.45, 2.75) is 25.4 Å². The molecule has 0 aromatic rings. The Kier molecular flexibility index (Phi) is 1.91. The van der Waals surface area contributed by atoms with Gasteiger partial charge in [0.15, 0.2) is 0 Å². The Morgan fingerprint density at radius 2 is 2.00 bits per heavy atom. The van der Waals surface area contributed by atoms with E-state index in [0.29, 0.717) is 6.10 Å². The van der Waals surface area contributed by atoms with E-state index in [2.05, 4.69) is 5.32 Å². The second kappa shape index (κ2) is 2.89. The van der Waals surface area contributed by atoms with E-state index < -0.39 is 0 Å². The molecule has 0 amide bonds. The third-order valence-electron chi connectivity index (χ3n) is 2.36. The highest BCUT2D eigenvalue weighted by Crippen LogP contribution is 2.35. The van der Waals surface area contributed by atoms with Crippen LogP contribution in [-0.4, -0.2) is 25.8 Å². The molecule has 0 bridgehead atoms. The summed E-state index contributed by atoms with van der Waals surface area (Å²) in [6.07, 6.45) is 4.63. The van der Waals surface area contributed by atoms with Crippen LogP contribution in [-0.2, 0) is 4.74 Å². The first kappa shape index (κ1) is 6.62. The van der Waals surface area contributed by atoms with Crippen LogP contribution in [0.25, 0.3) is 0 Å². The molecule has 0 aromatic carbocycles. The number of hydrogen-bond donors (Lipinski definition) is 1. The minimum Gasteiger partial charge on any atom is -0.377 e. The lowest BCUT2D eigenvalue weighted by atomic mass is 10.2. The Bertz CT molecular complexity index is 104. The van der Waals surface area contributed by atoms with Gasteiger partial charge in [0, 0.05) is 6.54 Å². The zero-order valence-corrected chi connectivity index (χ0v) is 6.31. The quantitative estimate of drug-likeness (QED) is 0.582. The zero-order valence-electron chi connectivity index (χ0n) is 6.31. The molecular formula is C8H15NO. The number of hydrogen-bond acceptors (Lipinski definition) is 2. The summed E-state index contributed by atoms with van der Waals surface area (Å²) < 4.78 is 5.66. The molecule has 1 aliphatic heterocycles. The maximum Gasteiger partial charge on any atom is 0.0616 e. The highest BCUT2D eigenvalue weighted by atomic mass is 16.5. The topological polar surface area (TPSA) is 21.3 Å². The minimum atomic E-state index is 0.593. The molecule has 2 rings (SSSR count). The standard InChI is InChI=1S/C8H15NO/c1-2-7(1)8-3-4-9-5-6-10-8/h7-9H,1-6H2. The molecule has 10 heavy (non-hydrogen) atoms. The maximum atomic E-state index is 5.66. The highest BCUT2D eigenvalue weighted by Gasteiger charge is 2.31. The lowest BCUT2D eigenvalue weighted by Crippen LogP contribution is -2.16. The molecule has 2 nitrogen and oxygen atoms in total. The van der Waals surface area contributed by atoms with Gasteiger partial charge in [0.2, 0.25) is 0 Å². The van der Waals surface area contributed by atoms with Gasteiger partial charge in [-0.1, -0.05) is 0 Å². The number of ether oxygens (including phenoxy) is 1. The first-order chi connectivity index (χ1) is 4.97. The van der Waals surface area contributed by atoms with Crippen molar-refractivity contribution in [3.63, 3.8) is 0 Å². The van der Waals surface area contributed by atoms with Crippen LogP contribution in [0, 0.1) is 5.92 Å². The van der Waals surface area contributed by atoms with Crippen molar-refractivity contribution in [1.29, 1.82) is 0 Å². The summed E-state index contributed by atoms with van der Waals surface area (Å²) in [5.74, 6) is 0.917. The first-order valence-corrected chi connectivity index (χ1v) is 4.29. The van der Waals surface area contributed by atoms with Crippen molar-refractivity contribution in [3.05, 3.63) is 0 Å². The molecule has 1 atom stereocenters. The molecule has 0 spiro atoms. The molecule has 0 radical (unpaired) electrons. The van der Waals surface area contributed by atoms with Gasteiger partial charge in [0.25, 0.3) is 0 Å². The predicted molar refractivity (Wildman–Crippen MR) is 40.0 cm³/mol. The fraction of sp³-hybridized carbons (Fsp3) is 1.00. The lowest BCUT2D eigenvalue weighted by molar-refractivity contribution is 0.0492. The van der Waals surface area contributed by atoms with E-state index in [-0.39, 0.29) is 0 Å². The van der Waals surface area contributed by atoms with Crippen molar-refractivity contribution in [2.24, 2.45) is 5.92 Å². The summed E-state index contributed by atoms with van der Waals surface area (Å²) in [6, 6.07) is 0. The average Bonchev–Trinajstić information content (AvgIpc) is 2.76. The van der Waals surface area contributed by atoms with Gasteiger partial charge >= 0.3 is 0 Å². The van der Waals surface area contributed by atoms with Gasteiger partial charge in [0.1, 0.15) is 0 Å². The molecule has 1 aliphatic carbocycles. The van der Waals surface area contributed by atoms with Gasteiger partial charge < -0.3 is 10.1 Å². The van der Waals surface area contributed by atoms with E-state index in [4.69, 9.17) is 4.74 Å². The van der Waals surface area contributed by atoms with E-state index >= 15 is 0 Å². The van der Waals surface area contributed by atoms with E-state index in [0.717, 1.165) is 25.6 Å². The molecule has 1 saturated carbocycles. The van der Waals surface area contributed by atoms with Crippen molar-refractivity contribution in [3.8, 4) is 0 Å². The number of rotatable bonds is 1. The van der Waals surface area contributed by atoms with Gasteiger partial charge in [-0.25, -0.2) is 0 Å². The molecule has 0 aromatic heterocycles. The second-order valence-electron chi connectivity index (χ2n) is 3.29. The predicted octanol–water partition coefficient (Wildman–Crippen LogP) is 0.775. The Hall–Kier alpha value is -0.0800. The largest absolute Gasteiger partial charge is 0.377 e. The first-order valence-electron chi connectivity index (χ1n) is 4.29. The van der Waals surface area contributed by atoms with Gasteiger partial charge in [0.05, 0.1) is 12.7 Å². The maximum absolute atomic E-state index is 5.66. The minimum absolute atomic E-state index is 0.593. The summed E-state index contributed by atoms with van der Waals surface area (Å²) in [5, 5.41) is 3.33. The lowest BCUT2D eigenvalue weighted by Gasteiger charge is -2.11. The van der Waals surface area contributed by atoms with Gasteiger partial charge in [-0.05, 0) is 31.7 Å². The van der Waals surface area contributed by atoms with E-state index in [9.17, 15) is 0 Å². The molecule has 1 unspecified atom stereocenters. The monoisotopic (exact) mass is 141 g/mol. The van der Waals surface area contributed by atoms with Crippen LogP contribution in [0.3, 0.4) is 0 Å². The smallest absolute Gasteiger partial charge is 0.0616 e. The summed E-state index contributed by atoms with van der Waals surface area (Å²) in [7, 11) is 0. The number of nitrogens with one attached hydrogen (secondary N) is 1. The van der Waals surface area contributed by atoms with Crippen molar-refractivity contribution < 1.29 is 4.74 Å². The van der Waals surface area contributed by atoms with E-state index in [1.807, 2.05) is 0 Å². The second-order valence-corrected chi connectivity index (χ2v) is 3.29. The van der Waals surface area contributed by atoms with Crippen LogP contribution in [0.1, 0.15) is 19.3 Å². The molecule has 1 heterocycles. The van der Waals surface area contributed by atoms with Crippen LogP contribution in [0.5, 0.6) is 0 Å². The summed E-state index contributed by atoms with van der Waals surface area (Å²) in [5.41, 5.74) is 0. The van der Waals surface area contributed by atoms with Gasteiger partial charge in [-0.2, -0.15) is 0 Å². The molecule has 58 valence electrons. The van der Waals surface area contributed by atoms with Crippen molar-refractivity contribution >= 4 is 0 Å². The summed E-state index contributed by atoms with van der Waals surface area (Å²) >= 11 is 0. The molecular weight excluding hydrogens is 126 g/mol. The SMILES string of the molecule is C1COC(C2CC2)CCN1. The van der Waals surface area contributed by atoms with Crippen LogP contribution in [0.4, 0.5) is 0 Å². The molecule has 2 heteroatoms. The summed E-state index contributed by atoms with van der Waals surface area (Å²) in [6.45, 7) is 3.12. The molecule has 1 saturated heterocycles. The fourth-order valence-corrected chi connectivity index (χ4v) is 1.57. The van der Waals surface area contributed by atoms with Crippen LogP contribution >= 0.6 is 0 Å². The Labute approximate surface area is 61.9 Å². The molecule has 2 aliphatic rings. The third kappa shape index (κ3) is 1.50. The van der Waals surface area contributed by atoms with Crippen LogP contribution < -0.4 is 5.32 Å². The Morgan fingerprint density at radius 1 is 1.10 bits per heavy atom. The normalized spacial score (nSPS) is 35.4. The van der Waals surface area contributed by atoms with Crippen LogP contribution in [0.15, 0.2) is 0 Å². The van der Waals surface area contributed by atoms with E-state index in [1.54, 1.807) is 0 Å². The van der Waals surface area contributed by atoms with Crippen LogP contribution in [0.2, 0.25) is 0 Å². The fourth-order valence-electron chi connectivity index (χ4n) is 1.57. The highest BCUT2D eigenvalue weighted by molar-refractivity contribution is 4.83. The van der Waals surface area contributed by atoms with Crippen molar-refractivity contribution in [2.75, 3.05) is 19.7 Å². The summed E-state index contributed by atoms with van der Waals surface area (Å²) in [4.78, 5) is 0. The zero-order chi connectivity index (χ0) is 6.81. The third-order valence-corrected chi connectivity index (χ3v) is 2.36. The van der Waals surface area contributed by atoms with E-state index in [1.165, 1.54) is 19.3 Å². The Balaban J connectivity index is 1.81. The van der Waals surface area contributed by atoms with Crippen molar-refractivity contribution in [1.82, 2.24) is 5.32 Å². The molecule has 1 N–H and O–H groups in total. The average molecular weight is 141 g/mol. The molecule has 2 fully saturated rings. The van der Waals surface area contributed by atoms with Gasteiger partial charge in [-0.15, -0.1) is 0 Å². The Morgan fingerprint density at radius 3 is 2.80 bits per heavy atom.